The zero-order valence-corrected chi connectivity index (χ0v) is 14.9. The predicted octanol–water partition coefficient (Wildman–Crippen LogP) is 1.15. The minimum atomic E-state index is -0.761. The first-order valence-electron chi connectivity index (χ1n) is 7.93. The first kappa shape index (κ1) is 20.3. The molecule has 0 radical (unpaired) electrons. The van der Waals surface area contributed by atoms with Crippen molar-refractivity contribution in [2.24, 2.45) is 0 Å². The lowest BCUT2D eigenvalue weighted by Gasteiger charge is -2.21. The Kier molecular flexibility index (Phi) is 7.22. The zero-order valence-electron chi connectivity index (χ0n) is 14.9. The average Bonchev–Trinajstić information content (AvgIpc) is 2.49. The molecule has 0 aromatic heterocycles. The molecular weight excluding hydrogens is 326 g/mol. The highest BCUT2D eigenvalue weighted by Crippen LogP contribution is 2.09. The number of rotatable bonds is 6. The topological polar surface area (TPSA) is 117 Å². The summed E-state index contributed by atoms with van der Waals surface area (Å²) < 4.78 is 5.07. The van der Waals surface area contributed by atoms with E-state index in [0.717, 1.165) is 0 Å². The molecule has 0 bridgehead atoms. The molecule has 0 heterocycles. The van der Waals surface area contributed by atoms with Crippen LogP contribution in [0.5, 0.6) is 5.75 Å². The van der Waals surface area contributed by atoms with E-state index in [4.69, 9.17) is 4.74 Å². The van der Waals surface area contributed by atoms with Crippen molar-refractivity contribution < 1.29 is 24.2 Å². The molecule has 4 N–H and O–H groups in total. The van der Waals surface area contributed by atoms with Crippen LogP contribution in [0.2, 0.25) is 0 Å². The molecule has 138 valence electrons. The summed E-state index contributed by atoms with van der Waals surface area (Å²) in [4.78, 5) is 35.3. The Morgan fingerprint density at radius 3 is 2.20 bits per heavy atom. The molecule has 0 saturated heterocycles. The summed E-state index contributed by atoms with van der Waals surface area (Å²) in [5.41, 5.74) is -0.234. The van der Waals surface area contributed by atoms with Crippen LogP contribution in [0.4, 0.5) is 4.79 Å². The third-order valence-corrected chi connectivity index (χ3v) is 2.97. The number of carbonyl (C=O) groups is 3. The Bertz CT molecular complexity index is 608. The van der Waals surface area contributed by atoms with Gasteiger partial charge in [0.1, 0.15) is 17.4 Å². The third kappa shape index (κ3) is 8.05. The number of nitrogens with one attached hydrogen (secondary N) is 3. The molecule has 0 aliphatic rings. The van der Waals surface area contributed by atoms with Gasteiger partial charge in [0.25, 0.3) is 5.91 Å². The van der Waals surface area contributed by atoms with Crippen molar-refractivity contribution in [3.8, 4) is 5.75 Å². The van der Waals surface area contributed by atoms with E-state index in [-0.39, 0.29) is 30.7 Å². The number of aromatic hydroxyl groups is 1. The number of hydrogen-bond acceptors (Lipinski definition) is 5. The van der Waals surface area contributed by atoms with Crippen LogP contribution in [0, 0.1) is 0 Å². The Balaban J connectivity index is 2.28. The molecule has 0 fully saturated rings. The number of alkyl carbamates (subject to hydrolysis) is 1. The molecular formula is C17H25N3O5. The standard InChI is InChI=1S/C17H25N3O5/c1-11(20-16(24)25-17(2,3)4)14(22)18-9-10-19-15(23)12-5-7-13(21)8-6-12/h5-8,11,21H,9-10H2,1-4H3,(H,18,22)(H,19,23)(H,20,24). The molecule has 1 rings (SSSR count). The summed E-state index contributed by atoms with van der Waals surface area (Å²) in [5, 5.41) is 16.8. The number of benzene rings is 1. The number of ether oxygens (including phenoxy) is 1. The zero-order chi connectivity index (χ0) is 19.0. The van der Waals surface area contributed by atoms with Crippen LogP contribution in [-0.4, -0.2) is 47.7 Å². The van der Waals surface area contributed by atoms with E-state index >= 15 is 0 Å². The highest BCUT2D eigenvalue weighted by atomic mass is 16.6. The summed E-state index contributed by atoms with van der Waals surface area (Å²) in [5.74, 6) is -0.616. The van der Waals surface area contributed by atoms with Gasteiger partial charge in [0.2, 0.25) is 5.91 Å². The van der Waals surface area contributed by atoms with E-state index in [1.165, 1.54) is 31.2 Å². The van der Waals surface area contributed by atoms with Crippen molar-refractivity contribution >= 4 is 17.9 Å². The maximum atomic E-state index is 11.9. The maximum Gasteiger partial charge on any atom is 0.408 e. The number of carbonyl (C=O) groups excluding carboxylic acids is 3. The van der Waals surface area contributed by atoms with Crippen molar-refractivity contribution in [2.75, 3.05) is 13.1 Å². The summed E-state index contributed by atoms with van der Waals surface area (Å²) in [6.45, 7) is 7.16. The van der Waals surface area contributed by atoms with Crippen molar-refractivity contribution in [3.63, 3.8) is 0 Å². The lowest BCUT2D eigenvalue weighted by atomic mass is 10.2. The second-order valence-electron chi connectivity index (χ2n) is 6.46. The van der Waals surface area contributed by atoms with Gasteiger partial charge in [0.05, 0.1) is 0 Å². The lowest BCUT2D eigenvalue weighted by molar-refractivity contribution is -0.122. The Morgan fingerprint density at radius 1 is 1.08 bits per heavy atom. The second-order valence-corrected chi connectivity index (χ2v) is 6.46. The quantitative estimate of drug-likeness (QED) is 0.574. The predicted molar refractivity (Wildman–Crippen MR) is 92.3 cm³/mol. The first-order chi connectivity index (χ1) is 11.6. The van der Waals surface area contributed by atoms with Crippen LogP contribution in [0.25, 0.3) is 0 Å². The van der Waals surface area contributed by atoms with E-state index in [9.17, 15) is 19.5 Å². The van der Waals surface area contributed by atoms with Crippen LogP contribution in [0.3, 0.4) is 0 Å². The fourth-order valence-electron chi connectivity index (χ4n) is 1.78. The van der Waals surface area contributed by atoms with Crippen molar-refractivity contribution in [1.82, 2.24) is 16.0 Å². The van der Waals surface area contributed by atoms with Gasteiger partial charge in [-0.25, -0.2) is 4.79 Å². The minimum Gasteiger partial charge on any atom is -0.508 e. The molecule has 0 aliphatic heterocycles. The van der Waals surface area contributed by atoms with Crippen LogP contribution in [0.1, 0.15) is 38.1 Å². The highest BCUT2D eigenvalue weighted by molar-refractivity contribution is 5.94. The minimum absolute atomic E-state index is 0.0790. The van der Waals surface area contributed by atoms with Crippen LogP contribution >= 0.6 is 0 Å². The molecule has 0 aliphatic carbocycles. The fraction of sp³-hybridized carbons (Fsp3) is 0.471. The van der Waals surface area contributed by atoms with Gasteiger partial charge in [0.15, 0.2) is 0 Å². The molecule has 3 amide bonds. The van der Waals surface area contributed by atoms with Gasteiger partial charge in [-0.15, -0.1) is 0 Å². The molecule has 1 unspecified atom stereocenters. The molecule has 1 aromatic rings. The average molecular weight is 351 g/mol. The van der Waals surface area contributed by atoms with Gasteiger partial charge in [-0.1, -0.05) is 0 Å². The van der Waals surface area contributed by atoms with E-state index < -0.39 is 17.7 Å². The van der Waals surface area contributed by atoms with Gasteiger partial charge in [-0.2, -0.15) is 0 Å². The number of hydrogen-bond donors (Lipinski definition) is 4. The fourth-order valence-corrected chi connectivity index (χ4v) is 1.78. The molecule has 8 nitrogen and oxygen atoms in total. The maximum absolute atomic E-state index is 11.9. The summed E-state index contributed by atoms with van der Waals surface area (Å²) in [6.07, 6.45) is -0.671. The molecule has 0 saturated carbocycles. The smallest absolute Gasteiger partial charge is 0.408 e. The van der Waals surface area contributed by atoms with E-state index in [1.54, 1.807) is 20.8 Å². The highest BCUT2D eigenvalue weighted by Gasteiger charge is 2.20. The summed E-state index contributed by atoms with van der Waals surface area (Å²) in [7, 11) is 0. The Morgan fingerprint density at radius 2 is 1.64 bits per heavy atom. The molecule has 0 spiro atoms. The monoisotopic (exact) mass is 351 g/mol. The van der Waals surface area contributed by atoms with Gasteiger partial charge in [0, 0.05) is 18.7 Å². The van der Waals surface area contributed by atoms with Gasteiger partial charge >= 0.3 is 6.09 Å². The SMILES string of the molecule is CC(NC(=O)OC(C)(C)C)C(=O)NCCNC(=O)c1ccc(O)cc1. The second kappa shape index (κ2) is 8.91. The van der Waals surface area contributed by atoms with Gasteiger partial charge in [-0.05, 0) is 52.0 Å². The van der Waals surface area contributed by atoms with Gasteiger partial charge in [-0.3, -0.25) is 9.59 Å². The third-order valence-electron chi connectivity index (χ3n) is 2.97. The van der Waals surface area contributed by atoms with Gasteiger partial charge < -0.3 is 25.8 Å². The van der Waals surface area contributed by atoms with Crippen molar-refractivity contribution in [3.05, 3.63) is 29.8 Å². The van der Waals surface area contributed by atoms with Crippen LogP contribution in [0.15, 0.2) is 24.3 Å². The van der Waals surface area contributed by atoms with Crippen molar-refractivity contribution in [1.29, 1.82) is 0 Å². The van der Waals surface area contributed by atoms with Crippen LogP contribution in [-0.2, 0) is 9.53 Å². The van der Waals surface area contributed by atoms with E-state index in [2.05, 4.69) is 16.0 Å². The lowest BCUT2D eigenvalue weighted by Crippen LogP contribution is -2.47. The molecule has 1 atom stereocenters. The normalized spacial score (nSPS) is 12.0. The summed E-state index contributed by atoms with van der Waals surface area (Å²) >= 11 is 0. The number of phenols is 1. The Hall–Kier alpha value is -2.77. The summed E-state index contributed by atoms with van der Waals surface area (Å²) in [6, 6.07) is 5.07. The van der Waals surface area contributed by atoms with E-state index in [1.807, 2.05) is 0 Å². The Labute approximate surface area is 146 Å². The molecule has 1 aromatic carbocycles. The first-order valence-corrected chi connectivity index (χ1v) is 7.93. The number of amides is 3. The van der Waals surface area contributed by atoms with E-state index in [0.29, 0.717) is 5.56 Å². The van der Waals surface area contributed by atoms with Crippen molar-refractivity contribution in [2.45, 2.75) is 39.3 Å². The molecule has 8 heteroatoms. The van der Waals surface area contributed by atoms with Crippen LogP contribution < -0.4 is 16.0 Å². The largest absolute Gasteiger partial charge is 0.508 e. The number of phenolic OH excluding ortho intramolecular Hbond substituents is 1. The molecule has 25 heavy (non-hydrogen) atoms.